The smallest absolute Gasteiger partial charge is 0.407 e. The monoisotopic (exact) mass is 982 g/mol. The molecule has 3 fully saturated rings. The first kappa shape index (κ1) is 46.0. The number of hydrogen-bond donors (Lipinski definition) is 4. The van der Waals surface area contributed by atoms with Crippen molar-refractivity contribution in [3.63, 3.8) is 0 Å². The van der Waals surface area contributed by atoms with Crippen LogP contribution >= 0.6 is 11.3 Å². The summed E-state index contributed by atoms with van der Waals surface area (Å²) in [5, 5.41) is 8.01. The van der Waals surface area contributed by atoms with Crippen molar-refractivity contribution in [1.82, 2.24) is 49.9 Å². The summed E-state index contributed by atoms with van der Waals surface area (Å²) in [6, 6.07) is 10.9. The molecule has 1 saturated carbocycles. The predicted octanol–water partition coefficient (Wildman–Crippen LogP) is 9.40. The fourth-order valence-electron chi connectivity index (χ4n) is 11.0. The summed E-state index contributed by atoms with van der Waals surface area (Å²) in [7, 11) is 1.36. The van der Waals surface area contributed by atoms with Crippen LogP contribution in [0.25, 0.3) is 44.7 Å². The number of carbonyl (C=O) groups is 3. The third-order valence-electron chi connectivity index (χ3n) is 14.7. The van der Waals surface area contributed by atoms with E-state index in [1.807, 2.05) is 68.4 Å². The standard InChI is InChI=1S/C52H59FN10O5SSi/c1-28(2)44(60-52(66)67-4)49(64)61-18-10-13-38(61)46-55-23-35(58-46)31-16-17-37-33(19-31)21-39-43-34(53)20-32(22-41(43)68-51(63(37)39)42-25-57-48(69-42)30-14-15-30)36-24-56-47(59-36)40-26-70(5,6)27-62(40)50(65)45(54-3)29-11-8-7-9-12-29/h7-9,11,16-17,19-25,28-30,38,40,44-45,51,54H,10,12-15,18,26-27H2,1-6H3,(H,55,58)(H,56,59)(H,60,66)/t29?,38-,40-,44?,45+,51-/m0/s1. The maximum Gasteiger partial charge on any atom is 0.407 e. The van der Waals surface area contributed by atoms with Crippen LogP contribution in [0.2, 0.25) is 19.1 Å². The number of fused-ring (bicyclic) bond motifs is 5. The summed E-state index contributed by atoms with van der Waals surface area (Å²) >= 11 is 1.65. The van der Waals surface area contributed by atoms with Crippen molar-refractivity contribution in [2.45, 2.75) is 101 Å². The number of methoxy groups -OCH3 is 1. The zero-order valence-corrected chi connectivity index (χ0v) is 42.1. The average molecular weight is 983 g/mol. The Morgan fingerprint density at radius 2 is 1.70 bits per heavy atom. The maximum atomic E-state index is 17.0. The zero-order chi connectivity index (χ0) is 48.6. The molecule has 3 aliphatic heterocycles. The summed E-state index contributed by atoms with van der Waals surface area (Å²) in [4.78, 5) is 66.5. The second-order valence-electron chi connectivity index (χ2n) is 20.6. The maximum absolute atomic E-state index is 17.0. The molecule has 5 aliphatic rings. The molecule has 18 heteroatoms. The molecule has 364 valence electrons. The van der Waals surface area contributed by atoms with Crippen molar-refractivity contribution in [1.29, 1.82) is 0 Å². The molecule has 2 saturated heterocycles. The Morgan fingerprint density at radius 1 is 0.929 bits per heavy atom. The predicted molar refractivity (Wildman–Crippen MR) is 269 cm³/mol. The molecule has 4 N–H and O–H groups in total. The minimum atomic E-state index is -1.79. The molecule has 3 amide bonds. The first-order chi connectivity index (χ1) is 33.8. The first-order valence-corrected chi connectivity index (χ1v) is 28.7. The topological polar surface area (TPSA) is 175 Å². The number of likely N-dealkylation sites (N-methyl/N-ethyl adjacent to an activating group) is 1. The van der Waals surface area contributed by atoms with Gasteiger partial charge in [0.25, 0.3) is 0 Å². The summed E-state index contributed by atoms with van der Waals surface area (Å²) in [5.74, 6) is 1.65. The van der Waals surface area contributed by atoms with E-state index in [1.165, 1.54) is 7.11 Å². The summed E-state index contributed by atoms with van der Waals surface area (Å²) < 4.78 is 30.9. The lowest BCUT2D eigenvalue weighted by atomic mass is 9.91. The minimum Gasteiger partial charge on any atom is -0.464 e. The lowest BCUT2D eigenvalue weighted by Gasteiger charge is -2.31. The second-order valence-corrected chi connectivity index (χ2v) is 26.7. The van der Waals surface area contributed by atoms with Gasteiger partial charge in [-0.25, -0.2) is 24.1 Å². The van der Waals surface area contributed by atoms with Crippen molar-refractivity contribution in [3.8, 4) is 39.5 Å². The van der Waals surface area contributed by atoms with Crippen LogP contribution in [0.15, 0.2) is 79.3 Å². The lowest BCUT2D eigenvalue weighted by Crippen LogP contribution is -2.51. The fourth-order valence-corrected chi connectivity index (χ4v) is 15.0. The van der Waals surface area contributed by atoms with E-state index in [9.17, 15) is 14.4 Å². The highest BCUT2D eigenvalue weighted by molar-refractivity contribution is 7.11. The summed E-state index contributed by atoms with van der Waals surface area (Å²) in [6.45, 7) is 8.98. The SMILES string of the molecule is CN[C@@H](C(=O)N1C[Si](C)(C)C[C@H]1c1ncc(-c2cc(F)c3c(c2)O[C@@H](c2cnc(C4CC4)s2)n2c-3cc3cc(-c4cnc([C@@H]5CCCN5C(=O)C(NC(=O)OC)C(C)C)[nH]4)ccc32)[nH]1)C1C=CC=CC1. The van der Waals surface area contributed by atoms with E-state index in [-0.39, 0.29) is 41.8 Å². The molecule has 6 atom stereocenters. The number of nitrogens with zero attached hydrogens (tertiary/aromatic N) is 6. The van der Waals surface area contributed by atoms with Crippen LogP contribution in [0.3, 0.4) is 0 Å². The molecule has 0 spiro atoms. The number of nitrogens with one attached hydrogen (secondary N) is 4. The number of hydrogen-bond acceptors (Lipinski definition) is 10. The van der Waals surface area contributed by atoms with E-state index in [1.54, 1.807) is 34.7 Å². The van der Waals surface area contributed by atoms with Crippen molar-refractivity contribution in [2.24, 2.45) is 11.8 Å². The van der Waals surface area contributed by atoms with Crippen LogP contribution in [-0.2, 0) is 14.3 Å². The van der Waals surface area contributed by atoms with Gasteiger partial charge < -0.3 is 39.9 Å². The molecule has 2 aromatic carbocycles. The number of ether oxygens (including phenoxy) is 2. The molecule has 70 heavy (non-hydrogen) atoms. The highest BCUT2D eigenvalue weighted by atomic mass is 32.1. The fraction of sp³-hybridized carbons (Fsp3) is 0.423. The van der Waals surface area contributed by atoms with Crippen LogP contribution in [0.5, 0.6) is 5.75 Å². The Hall–Kier alpha value is -6.37. The number of amides is 3. The molecule has 15 nitrogen and oxygen atoms in total. The highest BCUT2D eigenvalue weighted by Crippen LogP contribution is 2.50. The van der Waals surface area contributed by atoms with Crippen molar-refractivity contribution in [2.75, 3.05) is 26.9 Å². The molecular formula is C52H59FN10O5SSi. The number of halogens is 1. The number of carbonyl (C=O) groups excluding carboxylic acids is 3. The third-order valence-corrected chi connectivity index (χ3v) is 18.6. The van der Waals surface area contributed by atoms with Crippen molar-refractivity contribution < 1.29 is 28.2 Å². The van der Waals surface area contributed by atoms with Gasteiger partial charge in [-0.15, -0.1) is 11.3 Å². The number of H-pyrrole nitrogens is 2. The minimum absolute atomic E-state index is 0.0649. The van der Waals surface area contributed by atoms with Gasteiger partial charge >= 0.3 is 6.09 Å². The molecular weight excluding hydrogens is 924 g/mol. The van der Waals surface area contributed by atoms with Gasteiger partial charge in [0.2, 0.25) is 18.0 Å². The normalized spacial score (nSPS) is 22.3. The number of likely N-dealkylation sites (tertiary alicyclic amines) is 1. The highest BCUT2D eigenvalue weighted by Gasteiger charge is 2.46. The van der Waals surface area contributed by atoms with Gasteiger partial charge in [0.05, 0.1) is 83.7 Å². The molecule has 0 radical (unpaired) electrons. The molecule has 6 aromatic rings. The van der Waals surface area contributed by atoms with Crippen LogP contribution in [0.1, 0.15) is 91.7 Å². The average Bonchev–Trinajstić information content (AvgIpc) is 4.03. The Balaban J connectivity index is 0.912. The largest absolute Gasteiger partial charge is 0.464 e. The van der Waals surface area contributed by atoms with Gasteiger partial charge in [-0.05, 0) is 81.4 Å². The van der Waals surface area contributed by atoms with E-state index in [0.29, 0.717) is 52.4 Å². The van der Waals surface area contributed by atoms with Crippen LogP contribution in [0.4, 0.5) is 9.18 Å². The summed E-state index contributed by atoms with van der Waals surface area (Å²) in [5.41, 5.74) is 4.84. The Labute approximate surface area is 411 Å². The molecule has 0 bridgehead atoms. The van der Waals surface area contributed by atoms with Crippen molar-refractivity contribution >= 4 is 48.2 Å². The van der Waals surface area contributed by atoms with Crippen molar-refractivity contribution in [3.05, 3.63) is 107 Å². The van der Waals surface area contributed by atoms with Crippen LogP contribution < -0.4 is 15.4 Å². The second kappa shape index (κ2) is 18.1. The number of imidazole rings is 2. The number of benzene rings is 2. The summed E-state index contributed by atoms with van der Waals surface area (Å²) in [6.07, 6.45) is 17.8. The quantitative estimate of drug-likeness (QED) is 0.0871. The molecule has 11 rings (SSSR count). The molecule has 7 heterocycles. The van der Waals surface area contributed by atoms with E-state index < -0.39 is 32.3 Å². The Morgan fingerprint density at radius 3 is 2.41 bits per heavy atom. The first-order valence-electron chi connectivity index (χ1n) is 24.5. The van der Waals surface area contributed by atoms with E-state index >= 15 is 4.39 Å². The van der Waals surface area contributed by atoms with Gasteiger partial charge in [0.15, 0.2) is 0 Å². The van der Waals surface area contributed by atoms with Gasteiger partial charge in [-0.3, -0.25) is 14.2 Å². The van der Waals surface area contributed by atoms with E-state index in [0.717, 1.165) is 76.4 Å². The van der Waals surface area contributed by atoms with Crippen LogP contribution in [0, 0.1) is 17.7 Å². The number of aromatic amines is 2. The number of aromatic nitrogens is 6. The number of rotatable bonds is 12. The number of allylic oxidation sites excluding steroid dienone is 3. The molecule has 2 unspecified atom stereocenters. The van der Waals surface area contributed by atoms with E-state index in [2.05, 4.69) is 56.5 Å². The number of alkyl carbamates (subject to hydrolysis) is 1. The van der Waals surface area contributed by atoms with Crippen LogP contribution in [-0.4, -0.2) is 104 Å². The molecule has 2 aliphatic carbocycles. The third kappa shape index (κ3) is 8.36. The van der Waals surface area contributed by atoms with Gasteiger partial charge in [0, 0.05) is 47.3 Å². The Bertz CT molecular complexity index is 3080. The lowest BCUT2D eigenvalue weighted by molar-refractivity contribution is -0.136. The van der Waals surface area contributed by atoms with E-state index in [4.69, 9.17) is 24.4 Å². The van der Waals surface area contributed by atoms with Gasteiger partial charge in [0.1, 0.15) is 29.3 Å². The zero-order valence-electron chi connectivity index (χ0n) is 40.3. The molecule has 4 aromatic heterocycles. The van der Waals surface area contributed by atoms with Gasteiger partial charge in [-0.1, -0.05) is 57.3 Å². The van der Waals surface area contributed by atoms with Gasteiger partial charge in [-0.2, -0.15) is 0 Å². The number of thiazole rings is 1. The Kier molecular flexibility index (Phi) is 11.9.